The van der Waals surface area contributed by atoms with Gasteiger partial charge >= 0.3 is 0 Å². The lowest BCUT2D eigenvalue weighted by Crippen LogP contribution is -2.45. The molecule has 2 N–H and O–H groups in total. The molecule has 2 rings (SSSR count). The van der Waals surface area contributed by atoms with Gasteiger partial charge < -0.3 is 15.4 Å². The Morgan fingerprint density at radius 3 is 2.56 bits per heavy atom. The Kier molecular flexibility index (Phi) is 10.9. The Morgan fingerprint density at radius 1 is 1.20 bits per heavy atom. The van der Waals surface area contributed by atoms with Gasteiger partial charge in [-0.15, -0.1) is 24.0 Å². The summed E-state index contributed by atoms with van der Waals surface area (Å²) in [4.78, 5) is 6.87. The van der Waals surface area contributed by atoms with Crippen molar-refractivity contribution in [3.63, 3.8) is 0 Å². The van der Waals surface area contributed by atoms with Crippen molar-refractivity contribution in [1.82, 2.24) is 15.5 Å². The number of hydrogen-bond donors (Lipinski definition) is 2. The summed E-state index contributed by atoms with van der Waals surface area (Å²) >= 11 is 0. The molecule has 0 radical (unpaired) electrons. The van der Waals surface area contributed by atoms with Crippen molar-refractivity contribution >= 4 is 29.9 Å². The molecule has 1 unspecified atom stereocenters. The normalized spacial score (nSPS) is 18.4. The molecule has 1 heterocycles. The first-order valence-corrected chi connectivity index (χ1v) is 9.04. The molecule has 1 saturated heterocycles. The van der Waals surface area contributed by atoms with Gasteiger partial charge in [-0.05, 0) is 50.4 Å². The van der Waals surface area contributed by atoms with Crippen LogP contribution in [0, 0.1) is 0 Å². The van der Waals surface area contributed by atoms with Gasteiger partial charge in [0.25, 0.3) is 0 Å². The Labute approximate surface area is 169 Å². The molecular weight excluding hydrogens is 427 g/mol. The topological polar surface area (TPSA) is 48.9 Å². The van der Waals surface area contributed by atoms with Crippen LogP contribution in [0.5, 0.6) is 5.75 Å². The number of hydrogen-bond acceptors (Lipinski definition) is 3. The van der Waals surface area contributed by atoms with Crippen molar-refractivity contribution in [2.24, 2.45) is 4.99 Å². The predicted octanol–water partition coefficient (Wildman–Crippen LogP) is 2.90. The Morgan fingerprint density at radius 2 is 1.92 bits per heavy atom. The van der Waals surface area contributed by atoms with Crippen LogP contribution in [0.4, 0.5) is 0 Å². The van der Waals surface area contributed by atoms with E-state index in [0.29, 0.717) is 6.04 Å². The van der Waals surface area contributed by atoms with Crippen LogP contribution in [0.3, 0.4) is 0 Å². The quantitative estimate of drug-likeness (QED) is 0.373. The van der Waals surface area contributed by atoms with Crippen LogP contribution in [-0.2, 0) is 6.42 Å². The van der Waals surface area contributed by atoms with Crippen molar-refractivity contribution < 1.29 is 4.74 Å². The number of rotatable bonds is 7. The summed E-state index contributed by atoms with van der Waals surface area (Å²) in [6, 6.07) is 8.93. The molecule has 0 amide bonds. The largest absolute Gasteiger partial charge is 0.497 e. The number of piperidine rings is 1. The second-order valence-corrected chi connectivity index (χ2v) is 6.40. The minimum atomic E-state index is 0. The van der Waals surface area contributed by atoms with Crippen molar-refractivity contribution in [1.29, 1.82) is 0 Å². The molecular formula is C19H33IN4O. The van der Waals surface area contributed by atoms with E-state index in [1.54, 1.807) is 7.11 Å². The van der Waals surface area contributed by atoms with Gasteiger partial charge in [0.05, 0.1) is 7.11 Å². The third kappa shape index (κ3) is 7.81. The van der Waals surface area contributed by atoms with Gasteiger partial charge in [0.15, 0.2) is 5.96 Å². The van der Waals surface area contributed by atoms with Gasteiger partial charge in [-0.3, -0.25) is 9.89 Å². The van der Waals surface area contributed by atoms with Crippen molar-refractivity contribution in [2.45, 2.75) is 38.6 Å². The highest BCUT2D eigenvalue weighted by Gasteiger charge is 2.17. The van der Waals surface area contributed by atoms with Crippen molar-refractivity contribution in [3.8, 4) is 5.75 Å². The lowest BCUT2D eigenvalue weighted by atomic mass is 10.0. The average Bonchev–Trinajstić information content (AvgIpc) is 2.62. The van der Waals surface area contributed by atoms with Crippen LogP contribution in [0.2, 0.25) is 0 Å². The summed E-state index contributed by atoms with van der Waals surface area (Å²) in [5, 5.41) is 6.80. The number of benzene rings is 1. The van der Waals surface area contributed by atoms with Crippen LogP contribution in [0.1, 0.15) is 31.7 Å². The first-order chi connectivity index (χ1) is 11.7. The minimum absolute atomic E-state index is 0. The average molecular weight is 460 g/mol. The third-order valence-corrected chi connectivity index (χ3v) is 4.72. The number of ether oxygens (including phenoxy) is 1. The highest BCUT2D eigenvalue weighted by atomic mass is 127. The fourth-order valence-electron chi connectivity index (χ4n) is 3.15. The minimum Gasteiger partial charge on any atom is -0.497 e. The molecule has 1 aliphatic heterocycles. The number of nitrogens with zero attached hydrogens (tertiary/aromatic N) is 2. The number of guanidine groups is 1. The lowest BCUT2D eigenvalue weighted by molar-refractivity contribution is 0.163. The molecule has 1 aromatic carbocycles. The highest BCUT2D eigenvalue weighted by molar-refractivity contribution is 14.0. The number of nitrogens with one attached hydrogen (secondary N) is 2. The van der Waals surface area contributed by atoms with Crippen LogP contribution < -0.4 is 15.4 Å². The molecule has 0 saturated carbocycles. The SMILES string of the molecule is CN=C(NCCc1ccc(OC)cc1)NCCN1CCCCC1C.I. The fraction of sp³-hybridized carbons (Fsp3) is 0.632. The van der Waals surface area contributed by atoms with E-state index in [-0.39, 0.29) is 24.0 Å². The Bertz CT molecular complexity index is 507. The van der Waals surface area contributed by atoms with Crippen LogP contribution in [0.15, 0.2) is 29.3 Å². The summed E-state index contributed by atoms with van der Waals surface area (Å²) in [5.74, 6) is 1.78. The van der Waals surface area contributed by atoms with E-state index in [9.17, 15) is 0 Å². The maximum atomic E-state index is 5.18. The van der Waals surface area contributed by atoms with Gasteiger partial charge in [-0.2, -0.15) is 0 Å². The number of halogens is 1. The number of aliphatic imine (C=N–C) groups is 1. The third-order valence-electron chi connectivity index (χ3n) is 4.72. The van der Waals surface area contributed by atoms with Crippen molar-refractivity contribution in [2.75, 3.05) is 40.3 Å². The second-order valence-electron chi connectivity index (χ2n) is 6.40. The van der Waals surface area contributed by atoms with Crippen LogP contribution >= 0.6 is 24.0 Å². The van der Waals surface area contributed by atoms with Crippen molar-refractivity contribution in [3.05, 3.63) is 29.8 Å². The lowest BCUT2D eigenvalue weighted by Gasteiger charge is -2.33. The van der Waals surface area contributed by atoms with Gasteiger partial charge in [-0.25, -0.2) is 0 Å². The first-order valence-electron chi connectivity index (χ1n) is 9.04. The van der Waals surface area contributed by atoms with E-state index in [4.69, 9.17) is 4.74 Å². The maximum Gasteiger partial charge on any atom is 0.191 e. The fourth-order valence-corrected chi connectivity index (χ4v) is 3.15. The van der Waals surface area contributed by atoms with E-state index in [1.807, 2.05) is 19.2 Å². The predicted molar refractivity (Wildman–Crippen MR) is 116 cm³/mol. The molecule has 1 fully saturated rings. The van der Waals surface area contributed by atoms with Gasteiger partial charge in [0.1, 0.15) is 5.75 Å². The van der Waals surface area contributed by atoms with Gasteiger partial charge in [0, 0.05) is 32.7 Å². The molecule has 25 heavy (non-hydrogen) atoms. The molecule has 0 aromatic heterocycles. The van der Waals surface area contributed by atoms with E-state index < -0.39 is 0 Å². The smallest absolute Gasteiger partial charge is 0.191 e. The van der Waals surface area contributed by atoms with Crippen LogP contribution in [0.25, 0.3) is 0 Å². The zero-order chi connectivity index (χ0) is 17.2. The molecule has 0 aliphatic carbocycles. The molecule has 0 spiro atoms. The monoisotopic (exact) mass is 460 g/mol. The standard InChI is InChI=1S/C19H32N4O.HI/c1-16-6-4-5-14-23(16)15-13-22-19(20-2)21-12-11-17-7-9-18(24-3)10-8-17;/h7-10,16H,4-6,11-15H2,1-3H3,(H2,20,21,22);1H. The summed E-state index contributed by atoms with van der Waals surface area (Å²) in [7, 11) is 3.52. The van der Waals surface area contributed by atoms with E-state index in [0.717, 1.165) is 37.8 Å². The Balaban J connectivity index is 0.00000312. The van der Waals surface area contributed by atoms with E-state index in [1.165, 1.54) is 31.4 Å². The number of likely N-dealkylation sites (tertiary alicyclic amines) is 1. The zero-order valence-electron chi connectivity index (χ0n) is 15.8. The summed E-state index contributed by atoms with van der Waals surface area (Å²) < 4.78 is 5.18. The highest BCUT2D eigenvalue weighted by Crippen LogP contribution is 2.15. The number of methoxy groups -OCH3 is 1. The second kappa shape index (κ2) is 12.4. The zero-order valence-corrected chi connectivity index (χ0v) is 18.1. The molecule has 1 atom stereocenters. The van der Waals surface area contributed by atoms with Crippen LogP contribution in [-0.4, -0.2) is 57.2 Å². The Hall–Kier alpha value is -1.02. The van der Waals surface area contributed by atoms with E-state index in [2.05, 4.69) is 39.6 Å². The first kappa shape index (κ1) is 22.0. The molecule has 0 bridgehead atoms. The maximum absolute atomic E-state index is 5.18. The summed E-state index contributed by atoms with van der Waals surface area (Å²) in [6.07, 6.45) is 5.00. The van der Waals surface area contributed by atoms with Gasteiger partial charge in [-0.1, -0.05) is 18.6 Å². The molecule has 6 heteroatoms. The van der Waals surface area contributed by atoms with Gasteiger partial charge in [0.2, 0.25) is 0 Å². The molecule has 5 nitrogen and oxygen atoms in total. The summed E-state index contributed by atoms with van der Waals surface area (Å²) in [5.41, 5.74) is 1.29. The summed E-state index contributed by atoms with van der Waals surface area (Å²) in [6.45, 7) is 6.45. The molecule has 1 aliphatic rings. The van der Waals surface area contributed by atoms with E-state index >= 15 is 0 Å². The molecule has 1 aromatic rings. The molecule has 142 valence electrons.